The van der Waals surface area contributed by atoms with Crippen molar-refractivity contribution in [2.75, 3.05) is 56.5 Å². The summed E-state index contributed by atoms with van der Waals surface area (Å²) < 4.78 is 39.0. The van der Waals surface area contributed by atoms with Crippen LogP contribution < -0.4 is 25.1 Å². The monoisotopic (exact) mass is 464 g/mol. The number of alkyl halides is 2. The number of methoxy groups -OCH3 is 1. The van der Waals surface area contributed by atoms with Crippen LogP contribution in [0.1, 0.15) is 32.8 Å². The largest absolute Gasteiger partial charge is 0.497 e. The fourth-order valence-corrected chi connectivity index (χ4v) is 3.44. The Hall–Kier alpha value is -2.88. The molecule has 0 spiro atoms. The highest BCUT2D eigenvalue weighted by atomic mass is 19.3. The lowest BCUT2D eigenvalue weighted by atomic mass is 9.99. The van der Waals surface area contributed by atoms with Crippen LogP contribution in [0.25, 0.3) is 0 Å². The zero-order valence-electron chi connectivity index (χ0n) is 20.2. The van der Waals surface area contributed by atoms with Gasteiger partial charge in [-0.1, -0.05) is 32.9 Å². The second-order valence-electron chi connectivity index (χ2n) is 9.70. The van der Waals surface area contributed by atoms with Gasteiger partial charge in [0.2, 0.25) is 0 Å². The van der Waals surface area contributed by atoms with Gasteiger partial charge in [0.05, 0.1) is 26.8 Å². The summed E-state index contributed by atoms with van der Waals surface area (Å²) in [5.74, 6) is -1.36. The van der Waals surface area contributed by atoms with Crippen LogP contribution in [0.15, 0.2) is 24.3 Å². The molecule has 0 saturated carbocycles. The third-order valence-corrected chi connectivity index (χ3v) is 5.21. The van der Waals surface area contributed by atoms with Crippen LogP contribution in [0.5, 0.6) is 11.8 Å². The molecule has 0 aliphatic carbocycles. The van der Waals surface area contributed by atoms with E-state index in [0.717, 1.165) is 11.3 Å². The van der Waals surface area contributed by atoms with Crippen LogP contribution in [0, 0.1) is 5.41 Å². The molecule has 10 heteroatoms. The molecule has 1 aromatic carbocycles. The fraction of sp³-hybridized carbons (Fsp3) is 0.565. The fourth-order valence-electron chi connectivity index (χ4n) is 3.44. The van der Waals surface area contributed by atoms with E-state index in [1.54, 1.807) is 7.11 Å². The van der Waals surface area contributed by atoms with Gasteiger partial charge >= 0.3 is 6.01 Å². The number of nitrogen functional groups attached to an aromatic ring is 1. The summed E-state index contributed by atoms with van der Waals surface area (Å²) in [5.41, 5.74) is 7.58. The van der Waals surface area contributed by atoms with Crippen molar-refractivity contribution in [3.05, 3.63) is 29.8 Å². The van der Waals surface area contributed by atoms with Crippen LogP contribution in [0.3, 0.4) is 0 Å². The lowest BCUT2D eigenvalue weighted by Crippen LogP contribution is -2.38. The van der Waals surface area contributed by atoms with Crippen LogP contribution in [-0.2, 0) is 6.54 Å². The number of nitrogens with zero attached hydrogens (tertiary/aromatic N) is 5. The molecule has 0 amide bonds. The van der Waals surface area contributed by atoms with Gasteiger partial charge in [-0.05, 0) is 23.1 Å². The molecule has 0 unspecified atom stereocenters. The normalized spacial score (nSPS) is 15.7. The van der Waals surface area contributed by atoms with Crippen LogP contribution >= 0.6 is 0 Å². The van der Waals surface area contributed by atoms with E-state index < -0.39 is 12.5 Å². The van der Waals surface area contributed by atoms with Gasteiger partial charge in [-0.15, -0.1) is 0 Å². The van der Waals surface area contributed by atoms with E-state index in [2.05, 4.69) is 9.97 Å². The second kappa shape index (κ2) is 9.54. The average molecular weight is 465 g/mol. The minimum absolute atomic E-state index is 0.112. The standard InChI is InChI=1S/C23H34F2N6O2/c1-22(2,3)15-33-21-27-19(30-12-11-23(24,25)14-30)18(26)20(28-21)31(29(4)5)13-16-7-9-17(32-6)10-8-16/h7-10H,11-15,26H2,1-6H3. The first-order valence-electron chi connectivity index (χ1n) is 10.9. The summed E-state index contributed by atoms with van der Waals surface area (Å²) >= 11 is 0. The number of hydrogen-bond donors (Lipinski definition) is 1. The first-order chi connectivity index (χ1) is 15.4. The molecule has 1 aromatic heterocycles. The quantitative estimate of drug-likeness (QED) is 0.591. The van der Waals surface area contributed by atoms with Gasteiger partial charge in [-0.2, -0.15) is 9.97 Å². The SMILES string of the molecule is COc1ccc(CN(c2nc(OCC(C)(C)C)nc(N3CCC(F)(F)C3)c2N)N(C)C)cc1. The Bertz CT molecular complexity index is 947. The lowest BCUT2D eigenvalue weighted by molar-refractivity contribution is 0.0256. The van der Waals surface area contributed by atoms with Crippen LogP contribution in [-0.4, -0.2) is 61.8 Å². The zero-order valence-corrected chi connectivity index (χ0v) is 20.2. The Balaban J connectivity index is 2.01. The molecule has 8 nitrogen and oxygen atoms in total. The summed E-state index contributed by atoms with van der Waals surface area (Å²) in [6.45, 7) is 6.63. The Kier molecular flexibility index (Phi) is 7.16. The highest BCUT2D eigenvalue weighted by molar-refractivity contribution is 5.76. The number of benzene rings is 1. The Morgan fingerprint density at radius 3 is 2.33 bits per heavy atom. The Labute approximate surface area is 194 Å². The van der Waals surface area contributed by atoms with E-state index in [4.69, 9.17) is 15.2 Å². The van der Waals surface area contributed by atoms with Crippen molar-refractivity contribution in [2.45, 2.75) is 39.7 Å². The number of aromatic nitrogens is 2. The van der Waals surface area contributed by atoms with Crippen molar-refractivity contribution in [3.63, 3.8) is 0 Å². The number of rotatable bonds is 8. The van der Waals surface area contributed by atoms with Crippen molar-refractivity contribution in [3.8, 4) is 11.8 Å². The van der Waals surface area contributed by atoms with Gasteiger partial charge < -0.3 is 20.1 Å². The van der Waals surface area contributed by atoms with E-state index >= 15 is 0 Å². The van der Waals surface area contributed by atoms with E-state index in [0.29, 0.717) is 19.0 Å². The molecule has 1 saturated heterocycles. The van der Waals surface area contributed by atoms with Gasteiger partial charge in [0.1, 0.15) is 11.4 Å². The van der Waals surface area contributed by atoms with Gasteiger partial charge in [-0.3, -0.25) is 5.01 Å². The summed E-state index contributed by atoms with van der Waals surface area (Å²) in [4.78, 5) is 10.5. The molecule has 2 N–H and O–H groups in total. The molecule has 1 aliphatic heterocycles. The van der Waals surface area contributed by atoms with Gasteiger partial charge in [0.15, 0.2) is 11.6 Å². The molecular weight excluding hydrogens is 430 g/mol. The lowest BCUT2D eigenvalue weighted by Gasteiger charge is -2.32. The minimum atomic E-state index is -2.78. The third kappa shape index (κ3) is 6.34. The Morgan fingerprint density at radius 2 is 1.82 bits per heavy atom. The number of anilines is 3. The molecule has 2 heterocycles. The maximum absolute atomic E-state index is 14.0. The van der Waals surface area contributed by atoms with Crippen LogP contribution in [0.2, 0.25) is 0 Å². The van der Waals surface area contributed by atoms with Gasteiger partial charge in [-0.25, -0.2) is 13.8 Å². The zero-order chi connectivity index (χ0) is 24.4. The van der Waals surface area contributed by atoms with E-state index in [1.165, 1.54) is 4.90 Å². The van der Waals surface area contributed by atoms with Gasteiger partial charge in [0.25, 0.3) is 5.92 Å². The number of hydrazine groups is 1. The number of nitrogens with two attached hydrogens (primary N) is 1. The van der Waals surface area contributed by atoms with E-state index in [-0.39, 0.29) is 35.9 Å². The average Bonchev–Trinajstić information content (AvgIpc) is 3.10. The summed E-state index contributed by atoms with van der Waals surface area (Å²) in [6.07, 6.45) is -0.243. The minimum Gasteiger partial charge on any atom is -0.497 e. The Morgan fingerprint density at radius 1 is 1.15 bits per heavy atom. The van der Waals surface area contributed by atoms with Crippen LogP contribution in [0.4, 0.5) is 26.1 Å². The summed E-state index contributed by atoms with van der Waals surface area (Å²) in [6, 6.07) is 7.77. The number of ether oxygens (including phenoxy) is 2. The molecule has 2 aromatic rings. The first kappa shape index (κ1) is 24.8. The third-order valence-electron chi connectivity index (χ3n) is 5.21. The van der Waals surface area contributed by atoms with E-state index in [9.17, 15) is 8.78 Å². The molecule has 0 bridgehead atoms. The predicted molar refractivity (Wildman–Crippen MR) is 126 cm³/mol. The molecule has 1 fully saturated rings. The van der Waals surface area contributed by atoms with Gasteiger partial charge in [0, 0.05) is 27.1 Å². The smallest absolute Gasteiger partial charge is 0.320 e. The topological polar surface area (TPSA) is 80.0 Å². The van der Waals surface area contributed by atoms with Crippen molar-refractivity contribution in [1.82, 2.24) is 15.0 Å². The molecule has 182 valence electrons. The highest BCUT2D eigenvalue weighted by Gasteiger charge is 2.40. The number of hydrogen-bond acceptors (Lipinski definition) is 8. The van der Waals surface area contributed by atoms with E-state index in [1.807, 2.05) is 69.1 Å². The maximum Gasteiger partial charge on any atom is 0.320 e. The molecule has 3 rings (SSSR count). The molecule has 1 aliphatic rings. The maximum atomic E-state index is 14.0. The predicted octanol–water partition coefficient (Wildman–Crippen LogP) is 3.82. The molecule has 0 atom stereocenters. The molecule has 33 heavy (non-hydrogen) atoms. The highest BCUT2D eigenvalue weighted by Crippen LogP contribution is 2.38. The second-order valence-corrected chi connectivity index (χ2v) is 9.70. The summed E-state index contributed by atoms with van der Waals surface area (Å²) in [7, 11) is 5.35. The molecular formula is C23H34F2N6O2. The summed E-state index contributed by atoms with van der Waals surface area (Å²) in [5, 5.41) is 3.71. The molecule has 0 radical (unpaired) electrons. The van der Waals surface area contributed by atoms with Crippen molar-refractivity contribution < 1.29 is 18.3 Å². The van der Waals surface area contributed by atoms with Crippen molar-refractivity contribution in [2.24, 2.45) is 5.41 Å². The first-order valence-corrected chi connectivity index (χ1v) is 10.9. The van der Waals surface area contributed by atoms with Crippen molar-refractivity contribution in [1.29, 1.82) is 0 Å². The number of halogens is 2. The van der Waals surface area contributed by atoms with Crippen molar-refractivity contribution >= 4 is 17.3 Å².